The van der Waals surface area contributed by atoms with Gasteiger partial charge in [-0.2, -0.15) is 13.2 Å². The van der Waals surface area contributed by atoms with E-state index in [4.69, 9.17) is 0 Å². The third-order valence-electron chi connectivity index (χ3n) is 4.17. The minimum absolute atomic E-state index is 0.0735. The Labute approximate surface area is 138 Å². The van der Waals surface area contributed by atoms with Crippen LogP contribution in [0, 0.1) is 11.8 Å². The highest BCUT2D eigenvalue weighted by atomic mass is 19.4. The Morgan fingerprint density at radius 3 is 2.58 bits per heavy atom. The first-order valence-electron chi connectivity index (χ1n) is 7.92. The number of piperidine rings is 1. The van der Waals surface area contributed by atoms with E-state index in [-0.39, 0.29) is 36.6 Å². The van der Waals surface area contributed by atoms with Crippen LogP contribution in [0.5, 0.6) is 0 Å². The molecule has 0 aromatic heterocycles. The van der Waals surface area contributed by atoms with Crippen molar-refractivity contribution in [3.05, 3.63) is 35.4 Å². The van der Waals surface area contributed by atoms with E-state index in [1.54, 1.807) is 6.07 Å². The number of carbonyl (C=O) groups is 2. The van der Waals surface area contributed by atoms with Crippen molar-refractivity contribution in [1.29, 1.82) is 0 Å². The molecule has 1 saturated heterocycles. The zero-order chi connectivity index (χ0) is 17.9. The van der Waals surface area contributed by atoms with Gasteiger partial charge in [0.2, 0.25) is 11.8 Å². The summed E-state index contributed by atoms with van der Waals surface area (Å²) in [6.07, 6.45) is -3.69. The third-order valence-corrected chi connectivity index (χ3v) is 4.17. The molecule has 1 aromatic rings. The van der Waals surface area contributed by atoms with Gasteiger partial charge in [-0.1, -0.05) is 26.0 Å². The van der Waals surface area contributed by atoms with Gasteiger partial charge in [-0.15, -0.1) is 0 Å². The highest BCUT2D eigenvalue weighted by Crippen LogP contribution is 2.32. The van der Waals surface area contributed by atoms with E-state index >= 15 is 0 Å². The smallest absolute Gasteiger partial charge is 0.355 e. The Morgan fingerprint density at radius 2 is 2.04 bits per heavy atom. The first-order valence-corrected chi connectivity index (χ1v) is 7.92. The van der Waals surface area contributed by atoms with Crippen LogP contribution in [0.2, 0.25) is 0 Å². The maximum atomic E-state index is 12.9. The zero-order valence-corrected chi connectivity index (χ0v) is 13.6. The largest absolute Gasteiger partial charge is 0.416 e. The summed E-state index contributed by atoms with van der Waals surface area (Å²) in [7, 11) is 0. The van der Waals surface area contributed by atoms with E-state index in [0.29, 0.717) is 12.0 Å². The molecule has 1 heterocycles. The summed E-state index contributed by atoms with van der Waals surface area (Å²) in [5.74, 6) is -0.756. The van der Waals surface area contributed by atoms with Crippen molar-refractivity contribution >= 4 is 11.8 Å². The van der Waals surface area contributed by atoms with E-state index in [1.807, 2.05) is 13.8 Å². The Balaban J connectivity index is 2.15. The molecule has 2 atom stereocenters. The lowest BCUT2D eigenvalue weighted by atomic mass is 9.92. The number of nitrogens with one attached hydrogen (secondary N) is 2. The second-order valence-corrected chi connectivity index (χ2v) is 6.39. The predicted octanol–water partition coefficient (Wildman–Crippen LogP) is 3.04. The molecular weight excluding hydrogens is 321 g/mol. The molecule has 1 aliphatic heterocycles. The summed E-state index contributed by atoms with van der Waals surface area (Å²) in [5, 5.41) is 5.47. The molecule has 1 aromatic carbocycles. The van der Waals surface area contributed by atoms with Crippen LogP contribution in [-0.2, 0) is 15.8 Å². The van der Waals surface area contributed by atoms with Gasteiger partial charge in [0.1, 0.15) is 0 Å². The van der Waals surface area contributed by atoms with Crippen LogP contribution in [0.4, 0.5) is 13.2 Å². The van der Waals surface area contributed by atoms with Gasteiger partial charge in [0, 0.05) is 13.0 Å². The molecule has 0 saturated carbocycles. The van der Waals surface area contributed by atoms with Crippen LogP contribution in [0.25, 0.3) is 0 Å². The molecule has 0 bridgehead atoms. The van der Waals surface area contributed by atoms with Gasteiger partial charge in [-0.3, -0.25) is 9.59 Å². The van der Waals surface area contributed by atoms with Gasteiger partial charge in [-0.05, 0) is 30.0 Å². The number of rotatable bonds is 4. The number of alkyl halides is 3. The second kappa shape index (κ2) is 7.23. The van der Waals surface area contributed by atoms with Gasteiger partial charge in [0.05, 0.1) is 17.5 Å². The SMILES string of the molecule is CC(C)[C@H](NC(=O)[C@@H]1CCC(=O)NC1)c1cccc(C(F)(F)F)c1. The number of benzene rings is 1. The Morgan fingerprint density at radius 1 is 1.33 bits per heavy atom. The highest BCUT2D eigenvalue weighted by Gasteiger charge is 2.32. The van der Waals surface area contributed by atoms with E-state index in [9.17, 15) is 22.8 Å². The van der Waals surface area contributed by atoms with Gasteiger partial charge >= 0.3 is 6.18 Å². The normalized spacial score (nSPS) is 19.8. The fourth-order valence-corrected chi connectivity index (χ4v) is 2.77. The van der Waals surface area contributed by atoms with E-state index < -0.39 is 17.8 Å². The second-order valence-electron chi connectivity index (χ2n) is 6.39. The molecule has 1 fully saturated rings. The van der Waals surface area contributed by atoms with Crippen LogP contribution < -0.4 is 10.6 Å². The molecule has 24 heavy (non-hydrogen) atoms. The molecule has 1 aliphatic rings. The first kappa shape index (κ1) is 18.3. The summed E-state index contributed by atoms with van der Waals surface area (Å²) in [6, 6.07) is 4.51. The summed E-state index contributed by atoms with van der Waals surface area (Å²) in [5.41, 5.74) is -0.308. The van der Waals surface area contributed by atoms with Gasteiger partial charge in [-0.25, -0.2) is 0 Å². The molecule has 2 amide bonds. The maximum absolute atomic E-state index is 12.9. The van der Waals surface area contributed by atoms with E-state index in [1.165, 1.54) is 6.07 Å². The molecule has 132 valence electrons. The summed E-state index contributed by atoms with van der Waals surface area (Å²) < 4.78 is 38.7. The van der Waals surface area contributed by atoms with Crippen LogP contribution in [0.1, 0.15) is 43.9 Å². The van der Waals surface area contributed by atoms with Crippen molar-refractivity contribution in [3.63, 3.8) is 0 Å². The fourth-order valence-electron chi connectivity index (χ4n) is 2.77. The maximum Gasteiger partial charge on any atom is 0.416 e. The van der Waals surface area contributed by atoms with E-state index in [0.717, 1.165) is 12.1 Å². The Kier molecular flexibility index (Phi) is 5.51. The van der Waals surface area contributed by atoms with Crippen LogP contribution >= 0.6 is 0 Å². The molecule has 2 rings (SSSR count). The molecule has 4 nitrogen and oxygen atoms in total. The quantitative estimate of drug-likeness (QED) is 0.884. The van der Waals surface area contributed by atoms with Crippen LogP contribution in [0.3, 0.4) is 0 Å². The first-order chi connectivity index (χ1) is 11.2. The van der Waals surface area contributed by atoms with Gasteiger partial charge in [0.15, 0.2) is 0 Å². The summed E-state index contributed by atoms with van der Waals surface area (Å²) >= 11 is 0. The molecule has 0 aliphatic carbocycles. The van der Waals surface area contributed by atoms with Crippen molar-refractivity contribution in [1.82, 2.24) is 10.6 Å². The average Bonchev–Trinajstić information content (AvgIpc) is 2.52. The van der Waals surface area contributed by atoms with Crippen molar-refractivity contribution in [3.8, 4) is 0 Å². The number of amides is 2. The Hall–Kier alpha value is -2.05. The lowest BCUT2D eigenvalue weighted by molar-refractivity contribution is -0.137. The lowest BCUT2D eigenvalue weighted by Crippen LogP contribution is -2.44. The Bertz CT molecular complexity index is 604. The van der Waals surface area contributed by atoms with E-state index in [2.05, 4.69) is 10.6 Å². The predicted molar refractivity (Wildman–Crippen MR) is 82.9 cm³/mol. The standard InChI is InChI=1S/C17H21F3N2O2/c1-10(2)15(11-4-3-5-13(8-11)17(18,19)20)22-16(24)12-6-7-14(23)21-9-12/h3-5,8,10,12,15H,6-7,9H2,1-2H3,(H,21,23)(H,22,24)/t12-,15+/m1/s1. The van der Waals surface area contributed by atoms with Crippen molar-refractivity contribution < 1.29 is 22.8 Å². The molecule has 7 heteroatoms. The van der Waals surface area contributed by atoms with Crippen molar-refractivity contribution in [2.24, 2.45) is 11.8 Å². The monoisotopic (exact) mass is 342 g/mol. The topological polar surface area (TPSA) is 58.2 Å². The highest BCUT2D eigenvalue weighted by molar-refractivity contribution is 5.84. The zero-order valence-electron chi connectivity index (χ0n) is 13.6. The van der Waals surface area contributed by atoms with Crippen molar-refractivity contribution in [2.75, 3.05) is 6.54 Å². The number of carbonyl (C=O) groups excluding carboxylic acids is 2. The van der Waals surface area contributed by atoms with Crippen LogP contribution in [0.15, 0.2) is 24.3 Å². The van der Waals surface area contributed by atoms with Gasteiger partial charge < -0.3 is 10.6 Å². The van der Waals surface area contributed by atoms with Crippen molar-refractivity contribution in [2.45, 2.75) is 38.9 Å². The summed E-state index contributed by atoms with van der Waals surface area (Å²) in [6.45, 7) is 3.94. The fraction of sp³-hybridized carbons (Fsp3) is 0.529. The van der Waals surface area contributed by atoms with Gasteiger partial charge in [0.25, 0.3) is 0 Å². The third kappa shape index (κ3) is 4.49. The lowest BCUT2D eigenvalue weighted by Gasteiger charge is -2.28. The van der Waals surface area contributed by atoms with Crippen LogP contribution in [-0.4, -0.2) is 18.4 Å². The number of halogens is 3. The minimum Gasteiger partial charge on any atom is -0.355 e. The molecule has 0 spiro atoms. The average molecular weight is 342 g/mol. The molecular formula is C17H21F3N2O2. The molecule has 2 N–H and O–H groups in total. The number of hydrogen-bond donors (Lipinski definition) is 2. The molecule has 0 unspecified atom stereocenters. The summed E-state index contributed by atoms with van der Waals surface area (Å²) in [4.78, 5) is 23.6. The number of hydrogen-bond acceptors (Lipinski definition) is 2. The molecule has 0 radical (unpaired) electrons. The minimum atomic E-state index is -4.42.